The van der Waals surface area contributed by atoms with Gasteiger partial charge >= 0.3 is 0 Å². The first kappa shape index (κ1) is 15.6. The number of rotatable bonds is 2. The first-order chi connectivity index (χ1) is 11.1. The highest BCUT2D eigenvalue weighted by Crippen LogP contribution is 2.62. The highest BCUT2D eigenvalue weighted by atomic mass is 16.3. The monoisotopic (exact) mass is 314 g/mol. The number of aliphatic hydroxyl groups is 1. The summed E-state index contributed by atoms with van der Waals surface area (Å²) >= 11 is 0. The molecule has 0 bridgehead atoms. The fourth-order valence-corrected chi connectivity index (χ4v) is 6.54. The molecule has 4 aliphatic carbocycles. The topological polar surface area (TPSA) is 37.3 Å². The van der Waals surface area contributed by atoms with Gasteiger partial charge in [-0.05, 0) is 68.3 Å². The van der Waals surface area contributed by atoms with Crippen LogP contribution in [-0.4, -0.2) is 17.0 Å². The van der Waals surface area contributed by atoms with Crippen molar-refractivity contribution < 1.29 is 9.90 Å². The minimum atomic E-state index is -0.161. The van der Waals surface area contributed by atoms with Gasteiger partial charge in [-0.3, -0.25) is 4.79 Å². The van der Waals surface area contributed by atoms with Crippen molar-refractivity contribution in [3.63, 3.8) is 0 Å². The Morgan fingerprint density at radius 2 is 2.13 bits per heavy atom. The van der Waals surface area contributed by atoms with Crippen LogP contribution >= 0.6 is 0 Å². The summed E-state index contributed by atoms with van der Waals surface area (Å²) in [6.45, 7) is 4.57. The van der Waals surface area contributed by atoms with E-state index in [0.29, 0.717) is 29.5 Å². The average Bonchev–Trinajstić information content (AvgIpc) is 2.90. The van der Waals surface area contributed by atoms with Crippen LogP contribution in [0.15, 0.2) is 23.3 Å². The Morgan fingerprint density at radius 1 is 1.30 bits per heavy atom. The van der Waals surface area contributed by atoms with Gasteiger partial charge < -0.3 is 5.11 Å². The van der Waals surface area contributed by atoms with Crippen LogP contribution in [0, 0.1) is 29.1 Å². The Hall–Kier alpha value is -0.890. The summed E-state index contributed by atoms with van der Waals surface area (Å²) < 4.78 is 0. The van der Waals surface area contributed by atoms with Crippen LogP contribution in [0.3, 0.4) is 0 Å². The second-order valence-corrected chi connectivity index (χ2v) is 8.35. The number of hydrogen-bond donors (Lipinski definition) is 1. The van der Waals surface area contributed by atoms with Gasteiger partial charge in [-0.25, -0.2) is 0 Å². The molecule has 1 N–H and O–H groups in total. The van der Waals surface area contributed by atoms with Gasteiger partial charge in [0.15, 0.2) is 5.78 Å². The first-order valence-corrected chi connectivity index (χ1v) is 9.72. The van der Waals surface area contributed by atoms with Gasteiger partial charge in [0.1, 0.15) is 0 Å². The van der Waals surface area contributed by atoms with Crippen molar-refractivity contribution in [2.75, 3.05) is 0 Å². The Labute approximate surface area is 140 Å². The van der Waals surface area contributed by atoms with Gasteiger partial charge in [0.2, 0.25) is 0 Å². The molecule has 2 saturated carbocycles. The Bertz CT molecular complexity index is 572. The third-order valence-corrected chi connectivity index (χ3v) is 7.72. The van der Waals surface area contributed by atoms with Crippen LogP contribution in [0.2, 0.25) is 0 Å². The molecule has 0 aromatic rings. The summed E-state index contributed by atoms with van der Waals surface area (Å²) in [6.07, 6.45) is 12.7. The lowest BCUT2D eigenvalue weighted by Crippen LogP contribution is -2.48. The minimum absolute atomic E-state index is 0.0697. The molecule has 2 fully saturated rings. The van der Waals surface area contributed by atoms with Gasteiger partial charge in [0.05, 0.1) is 6.10 Å². The van der Waals surface area contributed by atoms with Gasteiger partial charge in [-0.15, -0.1) is 0 Å². The van der Waals surface area contributed by atoms with E-state index in [-0.39, 0.29) is 11.5 Å². The summed E-state index contributed by atoms with van der Waals surface area (Å²) in [7, 11) is 0. The Morgan fingerprint density at radius 3 is 2.87 bits per heavy atom. The molecule has 0 saturated heterocycles. The fraction of sp³-hybridized carbons (Fsp3) is 0.762. The van der Waals surface area contributed by atoms with Crippen LogP contribution in [-0.2, 0) is 4.79 Å². The number of ketones is 1. The lowest BCUT2D eigenvalue weighted by atomic mass is 9.50. The van der Waals surface area contributed by atoms with E-state index < -0.39 is 0 Å². The highest BCUT2D eigenvalue weighted by Gasteiger charge is 2.55. The van der Waals surface area contributed by atoms with Crippen molar-refractivity contribution in [2.24, 2.45) is 29.1 Å². The number of carbonyl (C=O) groups is 1. The molecule has 0 spiro atoms. The summed E-state index contributed by atoms with van der Waals surface area (Å²) in [5.74, 6) is 3.01. The fourth-order valence-electron chi connectivity index (χ4n) is 6.54. The van der Waals surface area contributed by atoms with Crippen molar-refractivity contribution in [1.82, 2.24) is 0 Å². The van der Waals surface area contributed by atoms with Crippen molar-refractivity contribution in [1.29, 1.82) is 0 Å². The summed E-state index contributed by atoms with van der Waals surface area (Å²) in [4.78, 5) is 11.9. The summed E-state index contributed by atoms with van der Waals surface area (Å²) in [5, 5.41) is 10.7. The molecule has 4 aliphatic rings. The number of carbonyl (C=O) groups excluding carboxylic acids is 1. The van der Waals surface area contributed by atoms with Gasteiger partial charge in [0, 0.05) is 11.8 Å². The van der Waals surface area contributed by atoms with Crippen LogP contribution < -0.4 is 0 Å². The number of aliphatic hydroxyl groups excluding tert-OH is 1. The molecule has 6 atom stereocenters. The number of hydrogen-bond acceptors (Lipinski definition) is 2. The molecule has 4 rings (SSSR count). The van der Waals surface area contributed by atoms with E-state index >= 15 is 0 Å². The molecule has 0 heterocycles. The molecule has 0 aromatic carbocycles. The van der Waals surface area contributed by atoms with Gasteiger partial charge in [0.25, 0.3) is 0 Å². The van der Waals surface area contributed by atoms with Gasteiger partial charge in [-0.2, -0.15) is 0 Å². The lowest BCUT2D eigenvalue weighted by Gasteiger charge is -2.55. The molecule has 0 radical (unpaired) electrons. The number of allylic oxidation sites excluding steroid dienone is 2. The maximum Gasteiger partial charge on any atom is 0.155 e. The largest absolute Gasteiger partial charge is 0.392 e. The Balaban J connectivity index is 1.73. The van der Waals surface area contributed by atoms with Crippen molar-refractivity contribution >= 4 is 5.78 Å². The molecule has 0 aromatic heterocycles. The predicted molar refractivity (Wildman–Crippen MR) is 91.9 cm³/mol. The normalized spacial score (nSPS) is 45.7. The molecule has 0 aliphatic heterocycles. The van der Waals surface area contributed by atoms with E-state index in [9.17, 15) is 9.90 Å². The van der Waals surface area contributed by atoms with Gasteiger partial charge in [-0.1, -0.05) is 37.5 Å². The quantitative estimate of drug-likeness (QED) is 0.765. The second kappa shape index (κ2) is 5.58. The predicted octanol–water partition coefficient (Wildman–Crippen LogP) is 4.44. The molecular formula is C21H30O2. The van der Waals surface area contributed by atoms with E-state index in [1.165, 1.54) is 18.4 Å². The average molecular weight is 314 g/mol. The van der Waals surface area contributed by atoms with Crippen molar-refractivity contribution in [3.05, 3.63) is 23.3 Å². The minimum Gasteiger partial charge on any atom is -0.392 e. The summed E-state index contributed by atoms with van der Waals surface area (Å²) in [6, 6.07) is 0. The third-order valence-electron chi connectivity index (χ3n) is 7.72. The maximum atomic E-state index is 11.9. The standard InChI is InChI=1S/C21H30O2/c1-3-13-11-14-12-15(22)5-6-16(14)17-9-10-21(4-2)18(20(13)17)7-8-19(21)23/h7,12-13,16-17,19-20,23H,3-6,8-11H2,1-2H3/t13-,16+,17-,19+,20-,21+/m1/s1. The van der Waals surface area contributed by atoms with Crippen LogP contribution in [0.25, 0.3) is 0 Å². The van der Waals surface area contributed by atoms with Crippen LogP contribution in [0.1, 0.15) is 65.2 Å². The third kappa shape index (κ3) is 2.13. The summed E-state index contributed by atoms with van der Waals surface area (Å²) in [5.41, 5.74) is 3.13. The smallest absolute Gasteiger partial charge is 0.155 e. The zero-order valence-electron chi connectivity index (χ0n) is 14.6. The first-order valence-electron chi connectivity index (χ1n) is 9.72. The Kier molecular flexibility index (Phi) is 3.79. The van der Waals surface area contributed by atoms with E-state index in [2.05, 4.69) is 19.9 Å². The van der Waals surface area contributed by atoms with Crippen molar-refractivity contribution in [3.8, 4) is 0 Å². The highest BCUT2D eigenvalue weighted by molar-refractivity contribution is 5.91. The molecule has 126 valence electrons. The van der Waals surface area contributed by atoms with E-state index in [0.717, 1.165) is 38.5 Å². The molecule has 2 heteroatoms. The molecule has 2 nitrogen and oxygen atoms in total. The second-order valence-electron chi connectivity index (χ2n) is 8.35. The van der Waals surface area contributed by atoms with E-state index in [4.69, 9.17) is 0 Å². The zero-order chi connectivity index (χ0) is 16.2. The van der Waals surface area contributed by atoms with E-state index in [1.807, 2.05) is 6.08 Å². The zero-order valence-corrected chi connectivity index (χ0v) is 14.6. The molecule has 0 unspecified atom stereocenters. The molecule has 0 amide bonds. The molecular weight excluding hydrogens is 284 g/mol. The lowest BCUT2D eigenvalue weighted by molar-refractivity contribution is -0.115. The number of fused-ring (bicyclic) bond motifs is 5. The van der Waals surface area contributed by atoms with Crippen molar-refractivity contribution in [2.45, 2.75) is 71.3 Å². The van der Waals surface area contributed by atoms with E-state index in [1.54, 1.807) is 5.57 Å². The SMILES string of the molecule is CC[C@@H]1CC2=CC(=O)CC[C@@H]2[C@H]2CC[C@@]3(CC)C(=CC[C@@H]3O)[C@H]12. The van der Waals surface area contributed by atoms with Crippen LogP contribution in [0.5, 0.6) is 0 Å². The molecule has 23 heavy (non-hydrogen) atoms. The van der Waals surface area contributed by atoms with Crippen LogP contribution in [0.4, 0.5) is 0 Å². The maximum absolute atomic E-state index is 11.9.